The van der Waals surface area contributed by atoms with E-state index in [1.54, 1.807) is 18.2 Å². The second-order valence-corrected chi connectivity index (χ2v) is 4.42. The highest BCUT2D eigenvalue weighted by atomic mass is 79.9. The third kappa shape index (κ3) is 4.10. The Balaban J connectivity index is 3.14. The summed E-state index contributed by atoms with van der Waals surface area (Å²) in [5.74, 6) is -1.46. The zero-order valence-corrected chi connectivity index (χ0v) is 12.4. The molecule has 0 heterocycles. The summed E-state index contributed by atoms with van der Waals surface area (Å²) in [5.41, 5.74) is 0.550. The highest BCUT2D eigenvalue weighted by Gasteiger charge is 2.14. The zero-order chi connectivity index (χ0) is 15.1. The molecule has 0 amide bonds. The number of anilines is 1. The molecule has 0 atom stereocenters. The van der Waals surface area contributed by atoms with Gasteiger partial charge in [0.1, 0.15) is 11.8 Å². The Kier molecular flexibility index (Phi) is 5.74. The number of ether oxygens (including phenoxy) is 2. The van der Waals surface area contributed by atoms with Crippen LogP contribution in [0.3, 0.4) is 0 Å². The number of hydrogen-bond donors (Lipinski definition) is 1. The highest BCUT2D eigenvalue weighted by molar-refractivity contribution is 9.10. The predicted octanol–water partition coefficient (Wildman–Crippen LogP) is 1.96. The van der Waals surface area contributed by atoms with Crippen molar-refractivity contribution in [3.8, 4) is 6.07 Å². The van der Waals surface area contributed by atoms with Crippen molar-refractivity contribution in [2.24, 2.45) is 0 Å². The largest absolute Gasteiger partial charge is 0.466 e. The summed E-state index contributed by atoms with van der Waals surface area (Å²) in [6.07, 6.45) is 0.953. The fraction of sp³-hybridized carbons (Fsp3) is 0.154. The fourth-order valence-corrected chi connectivity index (χ4v) is 1.66. The van der Waals surface area contributed by atoms with Gasteiger partial charge in [0.25, 0.3) is 0 Å². The minimum absolute atomic E-state index is 0.127. The first-order chi connectivity index (χ1) is 9.51. The van der Waals surface area contributed by atoms with Crippen LogP contribution in [0.1, 0.15) is 5.56 Å². The number of carbonyl (C=O) groups is 2. The summed E-state index contributed by atoms with van der Waals surface area (Å²) in [4.78, 5) is 22.8. The lowest BCUT2D eigenvalue weighted by molar-refractivity contribution is -0.138. The van der Waals surface area contributed by atoms with E-state index in [1.165, 1.54) is 14.2 Å². The van der Waals surface area contributed by atoms with Crippen LogP contribution >= 0.6 is 15.9 Å². The molecule has 0 spiro atoms. The van der Waals surface area contributed by atoms with Crippen LogP contribution in [0.2, 0.25) is 0 Å². The Morgan fingerprint density at radius 3 is 2.60 bits per heavy atom. The molecule has 0 saturated heterocycles. The summed E-state index contributed by atoms with van der Waals surface area (Å²) in [6, 6.07) is 6.84. The molecule has 0 fully saturated rings. The van der Waals surface area contributed by atoms with Gasteiger partial charge in [-0.25, -0.2) is 9.59 Å². The Morgan fingerprint density at radius 2 is 2.05 bits per heavy atom. The van der Waals surface area contributed by atoms with Gasteiger partial charge in [-0.3, -0.25) is 0 Å². The van der Waals surface area contributed by atoms with E-state index in [4.69, 9.17) is 5.26 Å². The lowest BCUT2D eigenvalue weighted by atomic mass is 10.2. The Hall–Kier alpha value is -2.33. The summed E-state index contributed by atoms with van der Waals surface area (Å²) in [6.45, 7) is 0. The van der Waals surface area contributed by atoms with Gasteiger partial charge in [0, 0.05) is 4.47 Å². The average molecular weight is 339 g/mol. The maximum atomic E-state index is 11.6. The van der Waals surface area contributed by atoms with Gasteiger partial charge in [-0.1, -0.05) is 15.9 Å². The van der Waals surface area contributed by atoms with Crippen LogP contribution in [-0.2, 0) is 19.1 Å². The van der Waals surface area contributed by atoms with Gasteiger partial charge in [0.15, 0.2) is 0 Å². The summed E-state index contributed by atoms with van der Waals surface area (Å²) in [5, 5.41) is 11.7. The summed E-state index contributed by atoms with van der Waals surface area (Å²) in [7, 11) is 2.37. The number of methoxy groups -OCH3 is 2. The van der Waals surface area contributed by atoms with E-state index in [-0.39, 0.29) is 5.70 Å². The van der Waals surface area contributed by atoms with E-state index in [9.17, 15) is 9.59 Å². The third-order valence-corrected chi connectivity index (χ3v) is 2.73. The van der Waals surface area contributed by atoms with Crippen LogP contribution in [-0.4, -0.2) is 26.2 Å². The average Bonchev–Trinajstić information content (AvgIpc) is 2.46. The van der Waals surface area contributed by atoms with Crippen LogP contribution in [0.5, 0.6) is 0 Å². The lowest BCUT2D eigenvalue weighted by Crippen LogP contribution is -2.16. The second-order valence-electron chi connectivity index (χ2n) is 3.50. The van der Waals surface area contributed by atoms with Gasteiger partial charge >= 0.3 is 11.9 Å². The normalized spacial score (nSPS) is 10.4. The molecule has 0 aliphatic heterocycles. The standard InChI is InChI=1S/C13H11BrN2O4/c1-19-12(17)6-11(13(18)20-2)16-10-4-3-9(14)5-8(10)7-15/h3-6,16H,1-2H3/b11-6-. The molecule has 6 nitrogen and oxygen atoms in total. The summed E-state index contributed by atoms with van der Waals surface area (Å²) >= 11 is 3.24. The molecular weight excluding hydrogens is 328 g/mol. The molecule has 0 radical (unpaired) electrons. The number of benzene rings is 1. The van der Waals surface area contributed by atoms with Crippen LogP contribution < -0.4 is 5.32 Å². The van der Waals surface area contributed by atoms with Gasteiger partial charge in [0.05, 0.1) is 31.5 Å². The van der Waals surface area contributed by atoms with Crippen molar-refractivity contribution in [1.29, 1.82) is 5.26 Å². The van der Waals surface area contributed by atoms with Crippen molar-refractivity contribution in [1.82, 2.24) is 0 Å². The number of nitriles is 1. The lowest BCUT2D eigenvalue weighted by Gasteiger charge is -2.10. The van der Waals surface area contributed by atoms with Gasteiger partial charge in [-0.15, -0.1) is 0 Å². The van der Waals surface area contributed by atoms with Crippen molar-refractivity contribution in [2.45, 2.75) is 0 Å². The molecule has 7 heteroatoms. The van der Waals surface area contributed by atoms with Crippen molar-refractivity contribution < 1.29 is 19.1 Å². The maximum absolute atomic E-state index is 11.6. The first-order valence-corrected chi connectivity index (χ1v) is 6.15. The molecule has 1 rings (SSSR count). The van der Waals surface area contributed by atoms with Crippen molar-refractivity contribution in [2.75, 3.05) is 19.5 Å². The zero-order valence-electron chi connectivity index (χ0n) is 10.8. The Bertz CT molecular complexity index is 605. The van der Waals surface area contributed by atoms with Crippen LogP contribution in [0.25, 0.3) is 0 Å². The topological polar surface area (TPSA) is 88.4 Å². The molecule has 0 aromatic heterocycles. The second kappa shape index (κ2) is 7.31. The molecule has 104 valence electrons. The number of rotatable bonds is 4. The predicted molar refractivity (Wildman–Crippen MR) is 74.6 cm³/mol. The van der Waals surface area contributed by atoms with E-state index in [0.717, 1.165) is 10.5 Å². The molecular formula is C13H11BrN2O4. The minimum Gasteiger partial charge on any atom is -0.466 e. The smallest absolute Gasteiger partial charge is 0.354 e. The van der Waals surface area contributed by atoms with Gasteiger partial charge < -0.3 is 14.8 Å². The number of hydrogen-bond acceptors (Lipinski definition) is 6. The molecule has 20 heavy (non-hydrogen) atoms. The summed E-state index contributed by atoms with van der Waals surface area (Å²) < 4.78 is 9.73. The van der Waals surface area contributed by atoms with E-state index < -0.39 is 11.9 Å². The number of esters is 2. The SMILES string of the molecule is COC(=O)/C=C(\Nc1ccc(Br)cc1C#N)C(=O)OC. The molecule has 1 aromatic rings. The van der Waals surface area contributed by atoms with Gasteiger partial charge in [-0.05, 0) is 18.2 Å². The van der Waals surface area contributed by atoms with Crippen molar-refractivity contribution >= 4 is 33.6 Å². The minimum atomic E-state index is -0.748. The highest BCUT2D eigenvalue weighted by Crippen LogP contribution is 2.21. The van der Waals surface area contributed by atoms with Crippen molar-refractivity contribution in [3.05, 3.63) is 40.0 Å². The van der Waals surface area contributed by atoms with Crippen molar-refractivity contribution in [3.63, 3.8) is 0 Å². The molecule has 1 aromatic carbocycles. The molecule has 0 aliphatic rings. The number of carbonyl (C=O) groups excluding carboxylic acids is 2. The quantitative estimate of drug-likeness (QED) is 0.666. The molecule has 0 bridgehead atoms. The third-order valence-electron chi connectivity index (χ3n) is 2.24. The Morgan fingerprint density at radius 1 is 1.35 bits per heavy atom. The molecule has 0 unspecified atom stereocenters. The number of halogens is 1. The number of nitrogens with zero attached hydrogens (tertiary/aromatic N) is 1. The van der Waals surface area contributed by atoms with E-state index in [2.05, 4.69) is 30.7 Å². The first-order valence-electron chi connectivity index (χ1n) is 5.36. The molecule has 0 saturated carbocycles. The van der Waals surface area contributed by atoms with Crippen LogP contribution in [0.4, 0.5) is 5.69 Å². The Labute approximate surface area is 124 Å². The molecule has 0 aliphatic carbocycles. The van der Waals surface area contributed by atoms with E-state index in [1.807, 2.05) is 6.07 Å². The molecule has 1 N–H and O–H groups in total. The van der Waals surface area contributed by atoms with Gasteiger partial charge in [0.2, 0.25) is 0 Å². The fourth-order valence-electron chi connectivity index (χ4n) is 1.30. The van der Waals surface area contributed by atoms with E-state index in [0.29, 0.717) is 11.3 Å². The maximum Gasteiger partial charge on any atom is 0.354 e. The monoisotopic (exact) mass is 338 g/mol. The van der Waals surface area contributed by atoms with E-state index >= 15 is 0 Å². The number of nitrogens with one attached hydrogen (secondary N) is 1. The van der Waals surface area contributed by atoms with Gasteiger partial charge in [-0.2, -0.15) is 5.26 Å². The van der Waals surface area contributed by atoms with Crippen LogP contribution in [0, 0.1) is 11.3 Å². The first kappa shape index (κ1) is 15.7. The van der Waals surface area contributed by atoms with Crippen LogP contribution in [0.15, 0.2) is 34.4 Å².